The number of aliphatic hydroxyl groups excluding tert-OH is 1. The molecule has 196 valence electrons. The number of amides is 1. The maximum Gasteiger partial charge on any atom is 0.354 e. The van der Waals surface area contributed by atoms with Crippen LogP contribution >= 0.6 is 0 Å². The lowest BCUT2D eigenvalue weighted by Crippen LogP contribution is -2.60. The van der Waals surface area contributed by atoms with Gasteiger partial charge in [0, 0.05) is 45.0 Å². The molecule has 0 radical (unpaired) electrons. The Kier molecular flexibility index (Phi) is 8.09. The van der Waals surface area contributed by atoms with Crippen LogP contribution in [0.25, 0.3) is 5.69 Å². The molecule has 1 aromatic heterocycles. The summed E-state index contributed by atoms with van der Waals surface area (Å²) in [6.45, 7) is 8.25. The van der Waals surface area contributed by atoms with Crippen LogP contribution in [0, 0.1) is 5.92 Å². The van der Waals surface area contributed by atoms with Gasteiger partial charge >= 0.3 is 5.69 Å². The number of hydrogen-bond acceptors (Lipinski definition) is 8. The summed E-state index contributed by atoms with van der Waals surface area (Å²) < 4.78 is 1.54. The Bertz CT molecular complexity index is 1080. The lowest BCUT2D eigenvalue weighted by atomic mass is 9.91. The first-order chi connectivity index (χ1) is 17.2. The molecule has 10 nitrogen and oxygen atoms in total. The monoisotopic (exact) mass is 497 g/mol. The molecule has 5 N–H and O–H groups in total. The number of likely N-dealkylation sites (tertiary alicyclic amines) is 1. The lowest BCUT2D eigenvalue weighted by Gasteiger charge is -2.38. The van der Waals surface area contributed by atoms with Gasteiger partial charge < -0.3 is 26.4 Å². The number of aliphatic hydroxyl groups is 1. The average molecular weight is 498 g/mol. The van der Waals surface area contributed by atoms with Gasteiger partial charge in [-0.15, -0.1) is 0 Å². The first-order valence-electron chi connectivity index (χ1n) is 12.8. The molecule has 1 amide bonds. The van der Waals surface area contributed by atoms with Gasteiger partial charge in [0.2, 0.25) is 5.91 Å². The number of piperidine rings is 1. The highest BCUT2D eigenvalue weighted by Gasteiger charge is 2.34. The number of nitrogens with two attached hydrogens (primary N) is 2. The second-order valence-corrected chi connectivity index (χ2v) is 10.4. The topological polar surface area (TPSA) is 134 Å². The van der Waals surface area contributed by atoms with E-state index in [1.54, 1.807) is 15.7 Å². The van der Waals surface area contributed by atoms with Gasteiger partial charge in [-0.2, -0.15) is 4.98 Å². The van der Waals surface area contributed by atoms with Gasteiger partial charge in [0.1, 0.15) is 11.4 Å². The molecule has 2 aliphatic rings. The van der Waals surface area contributed by atoms with Gasteiger partial charge in [-0.25, -0.2) is 4.79 Å². The van der Waals surface area contributed by atoms with Crippen molar-refractivity contribution in [2.75, 3.05) is 50.8 Å². The van der Waals surface area contributed by atoms with Crippen LogP contribution in [0.5, 0.6) is 0 Å². The third-order valence-corrected chi connectivity index (χ3v) is 7.49. The Morgan fingerprint density at radius 3 is 2.31 bits per heavy atom. The van der Waals surface area contributed by atoms with E-state index in [1.807, 2.05) is 23.1 Å². The molecule has 36 heavy (non-hydrogen) atoms. The first-order valence-corrected chi connectivity index (χ1v) is 12.8. The number of anilines is 1. The normalized spacial score (nSPS) is 20.2. The molecular formula is C26H39N7O3. The van der Waals surface area contributed by atoms with Crippen molar-refractivity contribution >= 4 is 11.7 Å². The number of nitrogens with zero attached hydrogens (tertiary/aromatic N) is 5. The van der Waals surface area contributed by atoms with Gasteiger partial charge in [-0.3, -0.25) is 14.3 Å². The molecule has 2 fully saturated rings. The molecule has 4 rings (SSSR count). The third-order valence-electron chi connectivity index (χ3n) is 7.49. The van der Waals surface area contributed by atoms with Crippen molar-refractivity contribution in [3.05, 3.63) is 52.6 Å². The van der Waals surface area contributed by atoms with E-state index in [0.717, 1.165) is 38.2 Å². The van der Waals surface area contributed by atoms with E-state index in [4.69, 9.17) is 11.5 Å². The summed E-state index contributed by atoms with van der Waals surface area (Å²) in [5.41, 5.74) is 12.3. The lowest BCUT2D eigenvalue weighted by molar-refractivity contribution is -0.138. The molecule has 2 aliphatic heterocycles. The highest BCUT2D eigenvalue weighted by atomic mass is 16.3. The van der Waals surface area contributed by atoms with Gasteiger partial charge in [0.25, 0.3) is 0 Å². The molecule has 2 aromatic rings. The quantitative estimate of drug-likeness (QED) is 0.492. The third kappa shape index (κ3) is 5.95. The predicted molar refractivity (Wildman–Crippen MR) is 140 cm³/mol. The Labute approximate surface area is 212 Å². The molecule has 2 saturated heterocycles. The summed E-state index contributed by atoms with van der Waals surface area (Å²) in [7, 11) is 0. The minimum absolute atomic E-state index is 0.262. The average Bonchev–Trinajstić information content (AvgIpc) is 2.89. The van der Waals surface area contributed by atoms with E-state index in [1.165, 1.54) is 12.5 Å². The van der Waals surface area contributed by atoms with Crippen LogP contribution in [0.15, 0.2) is 41.3 Å². The molecule has 1 unspecified atom stereocenters. The van der Waals surface area contributed by atoms with Crippen molar-refractivity contribution in [1.29, 1.82) is 0 Å². The van der Waals surface area contributed by atoms with Gasteiger partial charge in [-0.1, -0.05) is 12.1 Å². The second kappa shape index (κ2) is 11.1. The Hall–Kier alpha value is -2.79. The summed E-state index contributed by atoms with van der Waals surface area (Å²) in [5.74, 6) is 0.935. The molecule has 10 heteroatoms. The van der Waals surface area contributed by atoms with Gasteiger partial charge in [0.05, 0.1) is 12.3 Å². The van der Waals surface area contributed by atoms with E-state index >= 15 is 0 Å². The number of piperazine rings is 1. The van der Waals surface area contributed by atoms with Crippen LogP contribution in [0.4, 0.5) is 5.82 Å². The summed E-state index contributed by atoms with van der Waals surface area (Å²) in [6, 6.07) is 10.2. The van der Waals surface area contributed by atoms with Crippen LogP contribution in [0.3, 0.4) is 0 Å². The van der Waals surface area contributed by atoms with E-state index in [2.05, 4.69) is 28.9 Å². The fraction of sp³-hybridized carbons (Fsp3) is 0.577. The maximum absolute atomic E-state index is 12.8. The smallest absolute Gasteiger partial charge is 0.354 e. The maximum atomic E-state index is 12.8. The number of hydrogen-bond donors (Lipinski definition) is 3. The van der Waals surface area contributed by atoms with Gasteiger partial charge in [0.15, 0.2) is 0 Å². The number of benzene rings is 1. The highest BCUT2D eigenvalue weighted by molar-refractivity contribution is 5.86. The van der Waals surface area contributed by atoms with E-state index in [9.17, 15) is 14.7 Å². The van der Waals surface area contributed by atoms with Crippen LogP contribution in [0.1, 0.15) is 32.3 Å². The number of aromatic nitrogens is 2. The summed E-state index contributed by atoms with van der Waals surface area (Å²) in [5, 5.41) is 9.35. The Balaban J connectivity index is 1.34. The Morgan fingerprint density at radius 1 is 1.11 bits per heavy atom. The second-order valence-electron chi connectivity index (χ2n) is 10.4. The molecule has 2 atom stereocenters. The van der Waals surface area contributed by atoms with Gasteiger partial charge in [-0.05, 0) is 69.5 Å². The standard InChI is InChI=1S/C26H39N7O3/c1-19(27)21-7-10-30(11-8-21)17-20-3-5-22(6-4-20)33-12-9-23(29-25(33)36)31-13-15-32(16-14-31)24(35)26(2,28)18-34/h3-6,9,12,19,21,34H,7-8,10-11,13-18,27-28H2,1-2H3/t19-,26?/m0/s1. The number of carbonyl (C=O) groups is 1. The zero-order valence-electron chi connectivity index (χ0n) is 21.3. The molecule has 1 aromatic carbocycles. The van der Waals surface area contributed by atoms with E-state index < -0.39 is 12.1 Å². The minimum atomic E-state index is -1.28. The van der Waals surface area contributed by atoms with Crippen LogP contribution in [-0.2, 0) is 11.3 Å². The summed E-state index contributed by atoms with van der Waals surface area (Å²) >= 11 is 0. The van der Waals surface area contributed by atoms with Crippen molar-refractivity contribution in [1.82, 2.24) is 19.4 Å². The summed E-state index contributed by atoms with van der Waals surface area (Å²) in [4.78, 5) is 35.7. The SMILES string of the molecule is C[C@H](N)C1CCN(Cc2ccc(-n3ccc(N4CCN(C(=O)C(C)(N)CO)CC4)nc3=O)cc2)CC1. The zero-order valence-corrected chi connectivity index (χ0v) is 21.3. The molecule has 0 bridgehead atoms. The van der Waals surface area contributed by atoms with Crippen molar-refractivity contribution in [2.24, 2.45) is 17.4 Å². The number of rotatable bonds is 7. The molecule has 3 heterocycles. The number of carbonyl (C=O) groups excluding carboxylic acids is 1. The van der Waals surface area contributed by atoms with E-state index in [-0.39, 0.29) is 17.6 Å². The molecule has 0 spiro atoms. The van der Waals surface area contributed by atoms with Crippen molar-refractivity contribution in [3.8, 4) is 5.69 Å². The first kappa shape index (κ1) is 26.3. The predicted octanol–water partition coefficient (Wildman–Crippen LogP) is 0.150. The highest BCUT2D eigenvalue weighted by Crippen LogP contribution is 2.21. The summed E-state index contributed by atoms with van der Waals surface area (Å²) in [6.07, 6.45) is 4.03. The largest absolute Gasteiger partial charge is 0.394 e. The van der Waals surface area contributed by atoms with Crippen molar-refractivity contribution < 1.29 is 9.90 Å². The molecule has 0 saturated carbocycles. The molecular weight excluding hydrogens is 458 g/mol. The fourth-order valence-corrected chi connectivity index (χ4v) is 4.99. The van der Waals surface area contributed by atoms with Crippen molar-refractivity contribution in [2.45, 2.75) is 44.8 Å². The van der Waals surface area contributed by atoms with Crippen LogP contribution in [0.2, 0.25) is 0 Å². The minimum Gasteiger partial charge on any atom is -0.394 e. The molecule has 0 aliphatic carbocycles. The fourth-order valence-electron chi connectivity index (χ4n) is 4.99. The van der Waals surface area contributed by atoms with E-state index in [0.29, 0.717) is 37.9 Å². The Morgan fingerprint density at radius 2 is 1.75 bits per heavy atom. The zero-order chi connectivity index (χ0) is 25.9. The van der Waals surface area contributed by atoms with Crippen LogP contribution < -0.4 is 22.1 Å². The van der Waals surface area contributed by atoms with Crippen molar-refractivity contribution in [3.63, 3.8) is 0 Å². The van der Waals surface area contributed by atoms with Crippen LogP contribution in [-0.4, -0.2) is 87.8 Å².